The fourth-order valence-corrected chi connectivity index (χ4v) is 0.307. The molecule has 3 N–H and O–H groups in total. The average molecular weight is 141 g/mol. The Labute approximate surface area is 64.7 Å². The molecule has 0 aliphatic heterocycles. The van der Waals surface area contributed by atoms with Crippen LogP contribution in [0.25, 0.3) is 0 Å². The molecule has 0 radical (unpaired) electrons. The minimum absolute atomic E-state index is 0.963. The third-order valence-corrected chi connectivity index (χ3v) is 0.699. The lowest BCUT2D eigenvalue weighted by Gasteiger charge is -2.07. The van der Waals surface area contributed by atoms with E-state index in [-0.39, 0.29) is 0 Å². The Morgan fingerprint density at radius 1 is 2.00 bits per heavy atom. The van der Waals surface area contributed by atoms with Crippen LogP contribution in [0.5, 0.6) is 0 Å². The van der Waals surface area contributed by atoms with Gasteiger partial charge in [0.15, 0.2) is 0 Å². The fourth-order valence-electron chi connectivity index (χ4n) is 0.307. The standard InChI is InChI=1S/C6H13NO2/c1-4(2)3-5(7)6(8)9/h4-5H,3,7H2,1-2H3,(H,8,9)/i1+1D3,2+1D3,5+1D. The van der Waals surface area contributed by atoms with E-state index >= 15 is 0 Å². The molecule has 0 saturated heterocycles. The van der Waals surface area contributed by atoms with Crippen LogP contribution in [0.3, 0.4) is 0 Å². The van der Waals surface area contributed by atoms with Crippen molar-refractivity contribution < 1.29 is 19.5 Å². The molecule has 54 valence electrons. The molecule has 0 rings (SSSR count). The molecule has 0 spiro atoms. The number of aliphatic carboxylic acids is 1. The van der Waals surface area contributed by atoms with Crippen molar-refractivity contribution in [1.82, 2.24) is 0 Å². The molecule has 0 saturated carbocycles. The monoisotopic (exact) mass is 141 g/mol. The Kier molecular flexibility index (Phi) is 0.858. The van der Waals surface area contributed by atoms with Gasteiger partial charge in [0.25, 0.3) is 0 Å². The van der Waals surface area contributed by atoms with Crippen LogP contribution in [-0.4, -0.2) is 17.1 Å². The fraction of sp³-hybridized carbons (Fsp3) is 0.833. The first-order valence-electron chi connectivity index (χ1n) is 5.81. The number of carbonyl (C=O) groups is 1. The first kappa shape index (κ1) is 2.23. The maximum absolute atomic E-state index is 10.5. The molecule has 0 aliphatic carbocycles. The van der Waals surface area contributed by atoms with Gasteiger partial charge in [-0.1, -0.05) is 13.7 Å². The minimum Gasteiger partial charge on any atom is -0.480 e. The Morgan fingerprint density at radius 2 is 2.56 bits per heavy atom. The van der Waals surface area contributed by atoms with Crippen molar-refractivity contribution in [3.05, 3.63) is 0 Å². The van der Waals surface area contributed by atoms with E-state index in [1.807, 2.05) is 0 Å². The van der Waals surface area contributed by atoms with Gasteiger partial charge in [0, 0.05) is 8.22 Å². The molecule has 0 fully saturated rings. The van der Waals surface area contributed by atoms with Crippen LogP contribution < -0.4 is 5.73 Å². The molecular formula is C6H13NO2. The molecule has 0 aromatic carbocycles. The topological polar surface area (TPSA) is 63.3 Å². The maximum atomic E-state index is 10.5. The quantitative estimate of drug-likeness (QED) is 0.561. The van der Waals surface area contributed by atoms with Gasteiger partial charge in [-0.05, 0) is 12.3 Å². The van der Waals surface area contributed by atoms with Crippen LogP contribution in [-0.2, 0) is 4.79 Å². The van der Waals surface area contributed by atoms with E-state index in [2.05, 4.69) is 0 Å². The second kappa shape index (κ2) is 3.45. The Balaban J connectivity index is 5.06. The lowest BCUT2D eigenvalue weighted by atomic mass is 10.3. The third kappa shape index (κ3) is 3.97. The highest BCUT2D eigenvalue weighted by atomic mass is 16.4. The summed E-state index contributed by atoms with van der Waals surface area (Å²) in [6.45, 7) is -5.77. The van der Waals surface area contributed by atoms with Gasteiger partial charge < -0.3 is 10.8 Å². The molecule has 1 atom stereocenters. The number of carboxylic acids is 1. The Morgan fingerprint density at radius 3 is 2.89 bits per heavy atom. The normalized spacial score (nSPS) is 31.6. The van der Waals surface area contributed by atoms with Gasteiger partial charge in [-0.15, -0.1) is 0 Å². The second-order valence-corrected chi connectivity index (χ2v) is 1.59. The summed E-state index contributed by atoms with van der Waals surface area (Å²) in [5.74, 6) is -3.69. The summed E-state index contributed by atoms with van der Waals surface area (Å²) in [6, 6.07) is -2.62. The van der Waals surface area contributed by atoms with E-state index in [1.54, 1.807) is 0 Å². The molecule has 0 aliphatic rings. The van der Waals surface area contributed by atoms with E-state index in [9.17, 15) is 4.79 Å². The zero-order valence-corrected chi connectivity index (χ0v) is 4.72. The molecule has 1 unspecified atom stereocenters. The number of nitrogens with two attached hydrogens (primary N) is 1. The van der Waals surface area contributed by atoms with Gasteiger partial charge in [-0.3, -0.25) is 4.79 Å². The summed E-state index contributed by atoms with van der Waals surface area (Å²) in [4.78, 5) is 10.5. The molecule has 0 bridgehead atoms. The van der Waals surface area contributed by atoms with Crippen LogP contribution in [0.4, 0.5) is 0 Å². The van der Waals surface area contributed by atoms with E-state index in [4.69, 9.17) is 20.4 Å². The summed E-state index contributed by atoms with van der Waals surface area (Å²) in [5, 5.41) is 8.54. The van der Waals surface area contributed by atoms with Crippen LogP contribution >= 0.6 is 0 Å². The third-order valence-electron chi connectivity index (χ3n) is 0.699. The van der Waals surface area contributed by atoms with E-state index < -0.39 is 38.0 Å². The van der Waals surface area contributed by atoms with E-state index in [0.29, 0.717) is 0 Å². The molecule has 3 heteroatoms. The molecule has 0 amide bonds. The van der Waals surface area contributed by atoms with Gasteiger partial charge in [0.05, 0.1) is 1.37 Å². The highest BCUT2D eigenvalue weighted by Crippen LogP contribution is 2.01. The van der Waals surface area contributed by atoms with Gasteiger partial charge in [-0.2, -0.15) is 0 Å². The van der Waals surface area contributed by atoms with Gasteiger partial charge >= 0.3 is 5.97 Å². The largest absolute Gasteiger partial charge is 0.480 e. The van der Waals surface area contributed by atoms with Crippen molar-refractivity contribution in [2.24, 2.45) is 11.7 Å². The summed E-state index contributed by atoms with van der Waals surface area (Å²) in [7, 11) is 0. The van der Waals surface area contributed by atoms with Gasteiger partial charge in [-0.25, -0.2) is 0 Å². The van der Waals surface area contributed by atoms with Crippen LogP contribution in [0.1, 0.15) is 29.7 Å². The van der Waals surface area contributed by atoms with Crippen molar-refractivity contribution in [2.45, 2.75) is 26.1 Å². The molecular weight excluding hydrogens is 121 g/mol. The first-order chi connectivity index (χ1) is 6.78. The van der Waals surface area contributed by atoms with Crippen molar-refractivity contribution in [3.8, 4) is 0 Å². The summed E-state index contributed by atoms with van der Waals surface area (Å²) in [6.07, 6.45) is -0.963. The SMILES string of the molecule is [2H][13C](N)(CC([13C]([2H])([2H])[2H])[13C]([2H])([2H])[2H])C(=O)O. The van der Waals surface area contributed by atoms with Crippen LogP contribution in [0, 0.1) is 5.92 Å². The predicted octanol–water partition coefficient (Wildman–Crippen LogP) is 0.444. The average Bonchev–Trinajstić information content (AvgIpc) is 1.95. The van der Waals surface area contributed by atoms with Crippen molar-refractivity contribution in [1.29, 1.82) is 0 Å². The Hall–Kier alpha value is -0.570. The van der Waals surface area contributed by atoms with Crippen LogP contribution in [0.2, 0.25) is 0 Å². The number of hydrogen-bond acceptors (Lipinski definition) is 2. The van der Waals surface area contributed by atoms with Crippen molar-refractivity contribution in [3.63, 3.8) is 0 Å². The zero-order chi connectivity index (χ0) is 13.4. The smallest absolute Gasteiger partial charge is 0.320 e. The Bertz CT molecular complexity index is 255. The summed E-state index contributed by atoms with van der Waals surface area (Å²) >= 11 is 0. The lowest BCUT2D eigenvalue weighted by Crippen LogP contribution is -2.31. The van der Waals surface area contributed by atoms with E-state index in [1.165, 1.54) is 0 Å². The van der Waals surface area contributed by atoms with Crippen LogP contribution in [0.15, 0.2) is 0 Å². The number of carboxylic acid groups (broad SMARTS) is 1. The first-order valence-corrected chi connectivity index (χ1v) is 2.31. The van der Waals surface area contributed by atoms with Crippen molar-refractivity contribution in [2.75, 3.05) is 0 Å². The van der Waals surface area contributed by atoms with Gasteiger partial charge in [0.1, 0.15) is 6.02 Å². The summed E-state index contributed by atoms with van der Waals surface area (Å²) < 4.78 is 49.2. The lowest BCUT2D eigenvalue weighted by molar-refractivity contribution is -0.138. The second-order valence-electron chi connectivity index (χ2n) is 1.59. The number of hydrogen-bond donors (Lipinski definition) is 2. The molecule has 0 aromatic heterocycles. The highest BCUT2D eigenvalue weighted by molar-refractivity contribution is 5.72. The zero-order valence-electron chi connectivity index (χ0n) is 11.7. The molecule has 0 aromatic rings. The number of rotatable bonds is 3. The molecule has 3 nitrogen and oxygen atoms in total. The molecule has 0 heterocycles. The minimum atomic E-state index is -2.88. The highest BCUT2D eigenvalue weighted by Gasteiger charge is 2.11. The van der Waals surface area contributed by atoms with E-state index in [0.717, 1.165) is 0 Å². The maximum Gasteiger partial charge on any atom is 0.320 e. The predicted molar refractivity (Wildman–Crippen MR) is 35.1 cm³/mol. The van der Waals surface area contributed by atoms with Gasteiger partial charge in [0.2, 0.25) is 0 Å². The van der Waals surface area contributed by atoms with Crippen molar-refractivity contribution >= 4 is 5.97 Å². The molecule has 9 heavy (non-hydrogen) atoms. The summed E-state index contributed by atoms with van der Waals surface area (Å²) in [5.41, 5.74) is 5.02.